The topological polar surface area (TPSA) is 56.8 Å². The van der Waals surface area contributed by atoms with Crippen molar-refractivity contribution in [3.05, 3.63) is 34.5 Å². The number of nitrogens with one attached hydrogen (secondary N) is 1. The number of fused-ring (bicyclic) bond motifs is 1. The second-order valence-corrected chi connectivity index (χ2v) is 7.43. The Labute approximate surface area is 158 Å². The molecule has 5 nitrogen and oxygen atoms in total. The summed E-state index contributed by atoms with van der Waals surface area (Å²) in [7, 11) is 0. The molecule has 7 heteroatoms. The highest BCUT2D eigenvalue weighted by atomic mass is 35.5. The van der Waals surface area contributed by atoms with Gasteiger partial charge in [0.25, 0.3) is 0 Å². The summed E-state index contributed by atoms with van der Waals surface area (Å²) in [6.45, 7) is 6.32. The zero-order valence-electron chi connectivity index (χ0n) is 14.7. The van der Waals surface area contributed by atoms with Crippen LogP contribution in [0.3, 0.4) is 0 Å². The van der Waals surface area contributed by atoms with Crippen LogP contribution in [0.25, 0.3) is 0 Å². The number of rotatable bonds is 7. The summed E-state index contributed by atoms with van der Waals surface area (Å²) in [5.74, 6) is 1.41. The maximum Gasteiger partial charge on any atom is 0.333 e. The average Bonchev–Trinajstić information content (AvgIpc) is 2.92. The van der Waals surface area contributed by atoms with E-state index in [0.717, 1.165) is 12.0 Å². The molecule has 1 heterocycles. The largest absolute Gasteiger partial charge is 0.457 e. The van der Waals surface area contributed by atoms with Crippen molar-refractivity contribution >= 4 is 29.2 Å². The lowest BCUT2D eigenvalue weighted by molar-refractivity contribution is -0.148. The Morgan fingerprint density at radius 3 is 2.64 bits per heavy atom. The first-order chi connectivity index (χ1) is 11.8. The first-order valence-corrected chi connectivity index (χ1v) is 9.01. The van der Waals surface area contributed by atoms with Crippen molar-refractivity contribution < 1.29 is 19.0 Å². The molecule has 0 unspecified atom stereocenters. The van der Waals surface area contributed by atoms with Gasteiger partial charge in [0.1, 0.15) is 5.60 Å². The van der Waals surface area contributed by atoms with Crippen LogP contribution in [0.1, 0.15) is 32.8 Å². The standard InChI is InChI=1S/C18H23Cl2NO4/c1-18(2,3)25-17(22)9-13(21-6-4-5-19)7-12-8-15-16(10-14(12)20)24-11-23-15/h8-10,21H,4-7,11H2,1-3H3/b13-9-. The van der Waals surface area contributed by atoms with E-state index in [-0.39, 0.29) is 6.79 Å². The number of allylic oxidation sites excluding steroid dienone is 1. The van der Waals surface area contributed by atoms with E-state index in [1.807, 2.05) is 26.8 Å². The lowest BCUT2D eigenvalue weighted by Gasteiger charge is -2.19. The van der Waals surface area contributed by atoms with Gasteiger partial charge in [0, 0.05) is 41.7 Å². The summed E-state index contributed by atoms with van der Waals surface area (Å²) in [5.41, 5.74) is 0.991. The number of esters is 1. The molecule has 1 aliphatic rings. The molecule has 0 radical (unpaired) electrons. The van der Waals surface area contributed by atoms with Crippen LogP contribution in [0.15, 0.2) is 23.9 Å². The van der Waals surface area contributed by atoms with E-state index in [2.05, 4.69) is 5.32 Å². The summed E-state index contributed by atoms with van der Waals surface area (Å²) < 4.78 is 16.1. The number of carbonyl (C=O) groups is 1. The van der Waals surface area contributed by atoms with E-state index >= 15 is 0 Å². The lowest BCUT2D eigenvalue weighted by Crippen LogP contribution is -2.25. The van der Waals surface area contributed by atoms with E-state index in [4.69, 9.17) is 37.4 Å². The second kappa shape index (κ2) is 8.68. The van der Waals surface area contributed by atoms with Crippen LogP contribution in [0.4, 0.5) is 0 Å². The summed E-state index contributed by atoms with van der Waals surface area (Å²) >= 11 is 12.1. The number of benzene rings is 1. The molecule has 1 aromatic carbocycles. The lowest BCUT2D eigenvalue weighted by atomic mass is 10.1. The molecule has 0 fully saturated rings. The van der Waals surface area contributed by atoms with Gasteiger partial charge in [-0.3, -0.25) is 0 Å². The number of carbonyl (C=O) groups excluding carboxylic acids is 1. The minimum Gasteiger partial charge on any atom is -0.457 e. The molecule has 0 atom stereocenters. The highest BCUT2D eigenvalue weighted by Crippen LogP contribution is 2.37. The molecular formula is C18H23Cl2NO4. The van der Waals surface area contributed by atoms with Gasteiger partial charge in [0.05, 0.1) is 0 Å². The Balaban J connectivity index is 2.16. The first-order valence-electron chi connectivity index (χ1n) is 8.10. The Morgan fingerprint density at radius 2 is 2.00 bits per heavy atom. The third-order valence-corrected chi connectivity index (χ3v) is 3.90. The van der Waals surface area contributed by atoms with Crippen molar-refractivity contribution in [2.75, 3.05) is 19.2 Å². The quantitative estimate of drug-likeness (QED) is 0.331. The number of hydrogen-bond acceptors (Lipinski definition) is 5. The number of ether oxygens (including phenoxy) is 3. The van der Waals surface area contributed by atoms with Crippen LogP contribution in [0.2, 0.25) is 5.02 Å². The normalized spacial score (nSPS) is 13.7. The highest BCUT2D eigenvalue weighted by molar-refractivity contribution is 6.31. The molecule has 1 aliphatic heterocycles. The van der Waals surface area contributed by atoms with Crippen LogP contribution in [-0.2, 0) is 16.0 Å². The molecule has 0 saturated heterocycles. The van der Waals surface area contributed by atoms with Gasteiger partial charge in [0.2, 0.25) is 6.79 Å². The minimum absolute atomic E-state index is 0.184. The van der Waals surface area contributed by atoms with Gasteiger partial charge in [0.15, 0.2) is 11.5 Å². The molecule has 0 spiro atoms. The average molecular weight is 388 g/mol. The monoisotopic (exact) mass is 387 g/mol. The summed E-state index contributed by atoms with van der Waals surface area (Å²) in [5, 5.41) is 3.78. The molecule has 2 rings (SSSR count). The fourth-order valence-electron chi connectivity index (χ4n) is 2.25. The van der Waals surface area contributed by atoms with Crippen molar-refractivity contribution in [2.24, 2.45) is 0 Å². The Morgan fingerprint density at radius 1 is 1.32 bits per heavy atom. The van der Waals surface area contributed by atoms with Crippen molar-refractivity contribution in [3.63, 3.8) is 0 Å². The fraction of sp³-hybridized carbons (Fsp3) is 0.500. The summed E-state index contributed by atoms with van der Waals surface area (Å²) in [4.78, 5) is 12.1. The van der Waals surface area contributed by atoms with Crippen molar-refractivity contribution in [2.45, 2.75) is 39.2 Å². The zero-order chi connectivity index (χ0) is 18.4. The SMILES string of the molecule is CC(C)(C)OC(=O)/C=C(/Cc1cc2c(cc1Cl)OCO2)NCCCCl. The van der Waals surface area contributed by atoms with Crippen molar-refractivity contribution in [1.29, 1.82) is 0 Å². The van der Waals surface area contributed by atoms with Crippen molar-refractivity contribution in [3.8, 4) is 11.5 Å². The predicted octanol–water partition coefficient (Wildman–Crippen LogP) is 4.06. The Hall–Kier alpha value is -1.59. The number of hydrogen-bond donors (Lipinski definition) is 1. The molecule has 138 valence electrons. The predicted molar refractivity (Wildman–Crippen MR) is 98.5 cm³/mol. The first kappa shape index (κ1) is 19.7. The van der Waals surface area contributed by atoms with Gasteiger partial charge in [-0.1, -0.05) is 11.6 Å². The van der Waals surface area contributed by atoms with Crippen molar-refractivity contribution in [1.82, 2.24) is 5.32 Å². The molecule has 0 amide bonds. The zero-order valence-corrected chi connectivity index (χ0v) is 16.2. The van der Waals surface area contributed by atoms with Crippen LogP contribution in [0.5, 0.6) is 11.5 Å². The molecule has 0 aromatic heterocycles. The minimum atomic E-state index is -0.550. The van der Waals surface area contributed by atoms with E-state index < -0.39 is 11.6 Å². The van der Waals surface area contributed by atoms with Gasteiger partial charge < -0.3 is 19.5 Å². The highest BCUT2D eigenvalue weighted by Gasteiger charge is 2.19. The number of alkyl halides is 1. The number of halogens is 2. The fourth-order valence-corrected chi connectivity index (χ4v) is 2.61. The maximum absolute atomic E-state index is 12.1. The third kappa shape index (κ3) is 6.33. The van der Waals surface area contributed by atoms with Crippen LogP contribution in [0, 0.1) is 0 Å². The van der Waals surface area contributed by atoms with Gasteiger partial charge >= 0.3 is 5.97 Å². The molecule has 25 heavy (non-hydrogen) atoms. The Bertz CT molecular complexity index is 653. The molecule has 1 N–H and O–H groups in total. The van der Waals surface area contributed by atoms with Gasteiger partial charge in [-0.25, -0.2) is 4.79 Å². The van der Waals surface area contributed by atoms with Crippen LogP contribution < -0.4 is 14.8 Å². The molecule has 1 aromatic rings. The van der Waals surface area contributed by atoms with Gasteiger partial charge in [-0.2, -0.15) is 0 Å². The second-order valence-electron chi connectivity index (χ2n) is 6.65. The molecular weight excluding hydrogens is 365 g/mol. The van der Waals surface area contributed by atoms with Crippen LogP contribution in [-0.4, -0.2) is 30.8 Å². The molecule has 0 aliphatic carbocycles. The summed E-state index contributed by atoms with van der Waals surface area (Å²) in [6.07, 6.45) is 2.68. The van der Waals surface area contributed by atoms with E-state index in [1.54, 1.807) is 6.07 Å². The summed E-state index contributed by atoms with van der Waals surface area (Å²) in [6, 6.07) is 3.56. The molecule has 0 saturated carbocycles. The van der Waals surface area contributed by atoms with E-state index in [0.29, 0.717) is 41.1 Å². The van der Waals surface area contributed by atoms with Gasteiger partial charge in [-0.05, 0) is 38.8 Å². The third-order valence-electron chi connectivity index (χ3n) is 3.28. The molecule has 0 bridgehead atoms. The van der Waals surface area contributed by atoms with Crippen LogP contribution >= 0.6 is 23.2 Å². The maximum atomic E-state index is 12.1. The van der Waals surface area contributed by atoms with Gasteiger partial charge in [-0.15, -0.1) is 11.6 Å². The Kier molecular flexibility index (Phi) is 6.85. The smallest absolute Gasteiger partial charge is 0.333 e. The van der Waals surface area contributed by atoms with E-state index in [9.17, 15) is 4.79 Å². The van der Waals surface area contributed by atoms with E-state index in [1.165, 1.54) is 6.08 Å².